The van der Waals surface area contributed by atoms with E-state index in [4.69, 9.17) is 15.9 Å². The Morgan fingerprint density at radius 1 is 1.10 bits per heavy atom. The summed E-state index contributed by atoms with van der Waals surface area (Å²) in [5, 5.41) is 7.52. The lowest BCUT2D eigenvalue weighted by atomic mass is 10.0. The van der Waals surface area contributed by atoms with Crippen molar-refractivity contribution in [2.45, 2.75) is 33.6 Å². The second-order valence-corrected chi connectivity index (χ2v) is 5.69. The molecule has 3 N–H and O–H groups in total. The zero-order valence-corrected chi connectivity index (χ0v) is 13.0. The van der Waals surface area contributed by atoms with Gasteiger partial charge in [0.25, 0.3) is 0 Å². The monoisotopic (exact) mass is 282 g/mol. The van der Waals surface area contributed by atoms with Crippen LogP contribution in [0.2, 0.25) is 0 Å². The van der Waals surface area contributed by atoms with Crippen LogP contribution in [-0.2, 0) is 0 Å². The highest BCUT2D eigenvalue weighted by molar-refractivity contribution is 5.96. The Morgan fingerprint density at radius 2 is 1.81 bits per heavy atom. The van der Waals surface area contributed by atoms with Crippen LogP contribution in [0.25, 0.3) is 0 Å². The highest BCUT2D eigenvalue weighted by Crippen LogP contribution is 2.32. The largest absolute Gasteiger partial charge is 0.457 e. The Bertz CT molecular complexity index is 675. The number of benzene rings is 2. The van der Waals surface area contributed by atoms with E-state index in [9.17, 15) is 0 Å². The van der Waals surface area contributed by atoms with Gasteiger partial charge in [-0.15, -0.1) is 0 Å². The average Bonchev–Trinajstić information content (AvgIpc) is 2.37. The first kappa shape index (κ1) is 15.1. The molecule has 0 saturated heterocycles. The molecule has 3 heteroatoms. The minimum atomic E-state index is 0.0810. The van der Waals surface area contributed by atoms with E-state index in [2.05, 4.69) is 39.0 Å². The molecule has 0 heterocycles. The molecule has 0 aliphatic carbocycles. The molecule has 0 aliphatic heterocycles. The second kappa shape index (κ2) is 6.00. The molecule has 2 aromatic rings. The molecule has 0 aromatic heterocycles. The summed E-state index contributed by atoms with van der Waals surface area (Å²) in [6, 6.07) is 11.9. The molecule has 0 fully saturated rings. The number of nitrogens with one attached hydrogen (secondary N) is 1. The maximum Gasteiger partial charge on any atom is 0.131 e. The number of nitrogens with two attached hydrogens (primary N) is 1. The molecule has 0 unspecified atom stereocenters. The van der Waals surface area contributed by atoms with Crippen molar-refractivity contribution in [2.24, 2.45) is 5.73 Å². The SMILES string of the molecule is Cc1ccc(C(C)C)c(Oc2ccc(C(=N)N)c(C)c2)c1. The number of aryl methyl sites for hydroxylation is 2. The quantitative estimate of drug-likeness (QED) is 0.640. The molecule has 0 aliphatic rings. The molecule has 0 spiro atoms. The van der Waals surface area contributed by atoms with Gasteiger partial charge in [-0.05, 0) is 60.7 Å². The molecule has 110 valence electrons. The fraction of sp³-hybridized carbons (Fsp3) is 0.278. The predicted molar refractivity (Wildman–Crippen MR) is 87.5 cm³/mol. The van der Waals surface area contributed by atoms with Crippen molar-refractivity contribution in [3.8, 4) is 11.5 Å². The first-order chi connectivity index (χ1) is 9.88. The standard InChI is InChI=1S/C18H22N2O/c1-11(2)15-7-5-12(3)9-17(15)21-14-6-8-16(18(19)20)13(4)10-14/h5-11H,1-4H3,(H3,19,20). The molecule has 0 amide bonds. The lowest BCUT2D eigenvalue weighted by Gasteiger charge is -2.15. The van der Waals surface area contributed by atoms with Crippen LogP contribution in [0.1, 0.15) is 42.0 Å². The summed E-state index contributed by atoms with van der Waals surface area (Å²) in [5.41, 5.74) is 9.59. The van der Waals surface area contributed by atoms with Crippen LogP contribution in [0.15, 0.2) is 36.4 Å². The summed E-state index contributed by atoms with van der Waals surface area (Å²) >= 11 is 0. The summed E-state index contributed by atoms with van der Waals surface area (Å²) < 4.78 is 6.06. The van der Waals surface area contributed by atoms with E-state index in [0.717, 1.165) is 22.6 Å². The van der Waals surface area contributed by atoms with Crippen molar-refractivity contribution < 1.29 is 4.74 Å². The lowest BCUT2D eigenvalue weighted by Crippen LogP contribution is -2.12. The summed E-state index contributed by atoms with van der Waals surface area (Å²) in [7, 11) is 0. The average molecular weight is 282 g/mol. The highest BCUT2D eigenvalue weighted by Gasteiger charge is 2.10. The van der Waals surface area contributed by atoms with Crippen LogP contribution in [0.3, 0.4) is 0 Å². The van der Waals surface area contributed by atoms with Crippen LogP contribution in [0, 0.1) is 19.3 Å². The second-order valence-electron chi connectivity index (χ2n) is 5.69. The van der Waals surface area contributed by atoms with Crippen LogP contribution in [0.5, 0.6) is 11.5 Å². The summed E-state index contributed by atoms with van der Waals surface area (Å²) in [4.78, 5) is 0. The van der Waals surface area contributed by atoms with Crippen LogP contribution in [-0.4, -0.2) is 5.84 Å². The van der Waals surface area contributed by atoms with E-state index < -0.39 is 0 Å². The van der Waals surface area contributed by atoms with E-state index in [1.807, 2.05) is 25.1 Å². The van der Waals surface area contributed by atoms with Crippen LogP contribution >= 0.6 is 0 Å². The fourth-order valence-corrected chi connectivity index (χ4v) is 2.34. The number of nitrogen functional groups attached to an aromatic ring is 1. The Hall–Kier alpha value is -2.29. The van der Waals surface area contributed by atoms with Gasteiger partial charge in [0.2, 0.25) is 0 Å². The molecule has 21 heavy (non-hydrogen) atoms. The minimum Gasteiger partial charge on any atom is -0.457 e. The molecule has 0 bridgehead atoms. The van der Waals surface area contributed by atoms with Crippen molar-refractivity contribution in [3.63, 3.8) is 0 Å². The molecular weight excluding hydrogens is 260 g/mol. The normalized spacial score (nSPS) is 10.7. The van der Waals surface area contributed by atoms with Gasteiger partial charge in [-0.1, -0.05) is 26.0 Å². The van der Waals surface area contributed by atoms with Gasteiger partial charge in [0.15, 0.2) is 0 Å². The maximum absolute atomic E-state index is 7.52. The van der Waals surface area contributed by atoms with Crippen LogP contribution in [0.4, 0.5) is 0 Å². The number of rotatable bonds is 4. The number of ether oxygens (including phenoxy) is 1. The summed E-state index contributed by atoms with van der Waals surface area (Å²) in [6.45, 7) is 8.30. The van der Waals surface area contributed by atoms with Gasteiger partial charge < -0.3 is 10.5 Å². The lowest BCUT2D eigenvalue weighted by molar-refractivity contribution is 0.472. The van der Waals surface area contributed by atoms with Gasteiger partial charge in [0.1, 0.15) is 17.3 Å². The Balaban J connectivity index is 2.36. The van der Waals surface area contributed by atoms with Gasteiger partial charge in [0.05, 0.1) is 0 Å². The highest BCUT2D eigenvalue weighted by atomic mass is 16.5. The third kappa shape index (κ3) is 3.43. The van der Waals surface area contributed by atoms with E-state index >= 15 is 0 Å². The number of hydrogen-bond acceptors (Lipinski definition) is 2. The zero-order chi connectivity index (χ0) is 15.6. The van der Waals surface area contributed by atoms with Gasteiger partial charge in [-0.2, -0.15) is 0 Å². The number of amidine groups is 1. The third-order valence-electron chi connectivity index (χ3n) is 3.51. The van der Waals surface area contributed by atoms with Crippen molar-refractivity contribution in [1.29, 1.82) is 5.41 Å². The zero-order valence-electron chi connectivity index (χ0n) is 13.0. The third-order valence-corrected chi connectivity index (χ3v) is 3.51. The fourth-order valence-electron chi connectivity index (χ4n) is 2.34. The molecule has 3 nitrogen and oxygen atoms in total. The summed E-state index contributed by atoms with van der Waals surface area (Å²) in [6.07, 6.45) is 0. The van der Waals surface area contributed by atoms with Gasteiger partial charge in [-0.3, -0.25) is 5.41 Å². The van der Waals surface area contributed by atoms with Gasteiger partial charge in [-0.25, -0.2) is 0 Å². The van der Waals surface area contributed by atoms with E-state index in [-0.39, 0.29) is 5.84 Å². The first-order valence-electron chi connectivity index (χ1n) is 7.12. The first-order valence-corrected chi connectivity index (χ1v) is 7.12. The Labute approximate surface area is 126 Å². The maximum atomic E-state index is 7.52. The van der Waals surface area contributed by atoms with Crippen molar-refractivity contribution in [3.05, 3.63) is 58.7 Å². The van der Waals surface area contributed by atoms with Gasteiger partial charge >= 0.3 is 0 Å². The Morgan fingerprint density at radius 3 is 2.38 bits per heavy atom. The minimum absolute atomic E-state index is 0.0810. The van der Waals surface area contributed by atoms with Crippen molar-refractivity contribution >= 4 is 5.84 Å². The smallest absolute Gasteiger partial charge is 0.131 e. The molecule has 2 rings (SSSR count). The molecule has 2 aromatic carbocycles. The predicted octanol–water partition coefficient (Wildman–Crippen LogP) is 4.50. The Kier molecular flexibility index (Phi) is 4.32. The molecular formula is C18H22N2O. The van der Waals surface area contributed by atoms with E-state index in [1.165, 1.54) is 11.1 Å². The van der Waals surface area contributed by atoms with Crippen molar-refractivity contribution in [2.75, 3.05) is 0 Å². The molecule has 0 saturated carbocycles. The van der Waals surface area contributed by atoms with Crippen molar-refractivity contribution in [1.82, 2.24) is 0 Å². The number of hydrogen-bond donors (Lipinski definition) is 2. The van der Waals surface area contributed by atoms with E-state index in [0.29, 0.717) is 5.92 Å². The van der Waals surface area contributed by atoms with Gasteiger partial charge in [0, 0.05) is 5.56 Å². The van der Waals surface area contributed by atoms with Crippen LogP contribution < -0.4 is 10.5 Å². The van der Waals surface area contributed by atoms with E-state index in [1.54, 1.807) is 0 Å². The topological polar surface area (TPSA) is 59.1 Å². The summed E-state index contributed by atoms with van der Waals surface area (Å²) in [5.74, 6) is 2.14. The molecule has 0 atom stereocenters. The molecule has 0 radical (unpaired) electrons.